The zero-order valence-electron chi connectivity index (χ0n) is 14.1. The van der Waals surface area contributed by atoms with Gasteiger partial charge in [0.05, 0.1) is 17.4 Å². The molecule has 2 aromatic heterocycles. The Morgan fingerprint density at radius 3 is 2.36 bits per heavy atom. The van der Waals surface area contributed by atoms with Gasteiger partial charge in [0.2, 0.25) is 11.8 Å². The van der Waals surface area contributed by atoms with Gasteiger partial charge >= 0.3 is 0 Å². The Labute approximate surface area is 148 Å². The molecule has 9 heteroatoms. The molecule has 0 atom stereocenters. The van der Waals surface area contributed by atoms with Crippen molar-refractivity contribution in [2.45, 2.75) is 33.0 Å². The lowest BCUT2D eigenvalue weighted by Crippen LogP contribution is -2.22. The molecule has 1 amide bonds. The van der Waals surface area contributed by atoms with E-state index >= 15 is 0 Å². The third kappa shape index (κ3) is 5.63. The third-order valence-electron chi connectivity index (χ3n) is 2.87. The Morgan fingerprint density at radius 1 is 1.20 bits per heavy atom. The van der Waals surface area contributed by atoms with Crippen LogP contribution in [0.1, 0.15) is 29.9 Å². The van der Waals surface area contributed by atoms with Gasteiger partial charge in [-0.2, -0.15) is 4.98 Å². The maximum atomic E-state index is 12.7. The maximum Gasteiger partial charge on any atom is 0.257 e. The van der Waals surface area contributed by atoms with E-state index in [-0.39, 0.29) is 23.4 Å². The Balaban J connectivity index is 2.26. The molecule has 2 aromatic rings. The lowest BCUT2D eigenvalue weighted by Gasteiger charge is -2.15. The van der Waals surface area contributed by atoms with Crippen molar-refractivity contribution in [1.29, 1.82) is 0 Å². The second kappa shape index (κ2) is 8.70. The molecule has 0 fully saturated rings. The van der Waals surface area contributed by atoms with Crippen molar-refractivity contribution in [1.82, 2.24) is 9.97 Å². The fourth-order valence-corrected chi connectivity index (χ4v) is 2.51. The number of carbonyl (C=O) groups is 1. The van der Waals surface area contributed by atoms with Gasteiger partial charge in [-0.3, -0.25) is 10.1 Å². The minimum atomic E-state index is -1.28. The highest BCUT2D eigenvalue weighted by atomic mass is 32.1. The molecule has 2 rings (SSSR count). The highest BCUT2D eigenvalue weighted by Gasteiger charge is 2.17. The van der Waals surface area contributed by atoms with E-state index in [9.17, 15) is 13.6 Å². The molecule has 2 heterocycles. The number of nitrogens with one attached hydrogen (secondary N) is 1. The largest absolute Gasteiger partial charge is 0.475 e. The number of halogens is 2. The second-order valence-corrected chi connectivity index (χ2v) is 6.35. The van der Waals surface area contributed by atoms with Crippen molar-refractivity contribution in [2.24, 2.45) is 0 Å². The number of pyridine rings is 1. The molecular formula is C16H19F2N3O3S. The molecule has 0 unspecified atom stereocenters. The molecule has 0 saturated carbocycles. The maximum absolute atomic E-state index is 12.7. The van der Waals surface area contributed by atoms with Crippen molar-refractivity contribution >= 4 is 22.4 Å². The van der Waals surface area contributed by atoms with Crippen LogP contribution in [0, 0.1) is 6.92 Å². The van der Waals surface area contributed by atoms with E-state index < -0.39 is 25.4 Å². The van der Waals surface area contributed by atoms with Gasteiger partial charge in [-0.05, 0) is 20.8 Å². The zero-order valence-corrected chi connectivity index (χ0v) is 14.9. The van der Waals surface area contributed by atoms with E-state index in [4.69, 9.17) is 9.47 Å². The van der Waals surface area contributed by atoms with E-state index in [0.29, 0.717) is 5.13 Å². The first kappa shape index (κ1) is 19.0. The number of rotatable bonds is 8. The molecule has 0 aliphatic carbocycles. The van der Waals surface area contributed by atoms with Gasteiger partial charge < -0.3 is 9.47 Å². The van der Waals surface area contributed by atoms with Crippen LogP contribution in [0.4, 0.5) is 13.9 Å². The monoisotopic (exact) mass is 371 g/mol. The number of nitrogens with zero attached hydrogens (tertiary/aromatic N) is 2. The van der Waals surface area contributed by atoms with Crippen LogP contribution in [0.5, 0.6) is 11.8 Å². The number of hydrogen-bond donors (Lipinski definition) is 1. The molecule has 0 radical (unpaired) electrons. The average molecular weight is 371 g/mol. The summed E-state index contributed by atoms with van der Waals surface area (Å²) in [4.78, 5) is 20.6. The van der Waals surface area contributed by atoms with Crippen molar-refractivity contribution < 1.29 is 23.0 Å². The number of carbonyl (C=O) groups excluding carboxylic acids is 1. The Morgan fingerprint density at radius 2 is 1.84 bits per heavy atom. The van der Waals surface area contributed by atoms with Crippen LogP contribution in [-0.2, 0) is 0 Å². The molecule has 25 heavy (non-hydrogen) atoms. The lowest BCUT2D eigenvalue weighted by atomic mass is 10.2. The van der Waals surface area contributed by atoms with E-state index in [1.807, 2.05) is 6.92 Å². The van der Waals surface area contributed by atoms with E-state index in [1.54, 1.807) is 19.2 Å². The minimum Gasteiger partial charge on any atom is -0.475 e. The van der Waals surface area contributed by atoms with Crippen molar-refractivity contribution in [3.8, 4) is 11.8 Å². The predicted molar refractivity (Wildman–Crippen MR) is 91.2 cm³/mol. The van der Waals surface area contributed by atoms with Crippen LogP contribution in [0.2, 0.25) is 0 Å². The SMILES string of the molecule is Cc1csc(NC(=O)c2cc(OC(C)C)nc(OC(CF)CF)c2)n1. The predicted octanol–water partition coefficient (Wildman–Crippen LogP) is 3.57. The number of anilines is 1. The topological polar surface area (TPSA) is 73.3 Å². The number of amides is 1. The summed E-state index contributed by atoms with van der Waals surface area (Å²) < 4.78 is 36.0. The quantitative estimate of drug-likeness (QED) is 0.768. The van der Waals surface area contributed by atoms with E-state index in [0.717, 1.165) is 5.69 Å². The standard InChI is InChI=1S/C16H19F2N3O3S/c1-9(2)23-13-4-11(5-14(20-13)24-12(6-17)7-18)15(22)21-16-19-10(3)8-25-16/h4-5,8-9,12H,6-7H2,1-3H3,(H,19,21,22). The Kier molecular flexibility index (Phi) is 6.63. The van der Waals surface area contributed by atoms with Crippen LogP contribution in [0.25, 0.3) is 0 Å². The average Bonchev–Trinajstić information content (AvgIpc) is 2.96. The first-order valence-corrected chi connectivity index (χ1v) is 8.50. The van der Waals surface area contributed by atoms with Crippen LogP contribution in [0.3, 0.4) is 0 Å². The molecule has 0 bridgehead atoms. The summed E-state index contributed by atoms with van der Waals surface area (Å²) in [6, 6.07) is 2.74. The highest BCUT2D eigenvalue weighted by Crippen LogP contribution is 2.22. The van der Waals surface area contributed by atoms with E-state index in [2.05, 4.69) is 15.3 Å². The van der Waals surface area contributed by atoms with Crippen LogP contribution in [-0.4, -0.2) is 41.4 Å². The third-order valence-corrected chi connectivity index (χ3v) is 3.74. The van der Waals surface area contributed by atoms with Gasteiger partial charge in [0.15, 0.2) is 11.2 Å². The highest BCUT2D eigenvalue weighted by molar-refractivity contribution is 7.13. The number of aryl methyl sites for hydroxylation is 1. The number of aromatic nitrogens is 2. The molecule has 0 aliphatic heterocycles. The van der Waals surface area contributed by atoms with Crippen molar-refractivity contribution in [2.75, 3.05) is 18.7 Å². The summed E-state index contributed by atoms with van der Waals surface area (Å²) in [6.45, 7) is 3.38. The Hall–Kier alpha value is -2.29. The fourth-order valence-electron chi connectivity index (χ4n) is 1.83. The van der Waals surface area contributed by atoms with Gasteiger partial charge in [0.1, 0.15) is 13.3 Å². The summed E-state index contributed by atoms with van der Waals surface area (Å²) >= 11 is 1.29. The summed E-state index contributed by atoms with van der Waals surface area (Å²) in [5.41, 5.74) is 0.974. The number of thiazole rings is 1. The zero-order chi connectivity index (χ0) is 18.4. The molecule has 6 nitrogen and oxygen atoms in total. The number of alkyl halides is 2. The van der Waals surface area contributed by atoms with E-state index in [1.165, 1.54) is 23.5 Å². The van der Waals surface area contributed by atoms with Crippen LogP contribution < -0.4 is 14.8 Å². The second-order valence-electron chi connectivity index (χ2n) is 5.50. The summed E-state index contributed by atoms with van der Waals surface area (Å²) in [6.07, 6.45) is -1.47. The normalized spacial score (nSPS) is 11.0. The van der Waals surface area contributed by atoms with Gasteiger partial charge in [-0.15, -0.1) is 11.3 Å². The molecular weight excluding hydrogens is 352 g/mol. The summed E-state index contributed by atoms with van der Waals surface area (Å²) in [5, 5.41) is 4.90. The summed E-state index contributed by atoms with van der Waals surface area (Å²) in [7, 11) is 0. The molecule has 0 spiro atoms. The van der Waals surface area contributed by atoms with Gasteiger partial charge in [-0.25, -0.2) is 13.8 Å². The van der Waals surface area contributed by atoms with Crippen molar-refractivity contribution in [3.05, 3.63) is 28.8 Å². The summed E-state index contributed by atoms with van der Waals surface area (Å²) in [5.74, 6) is -0.407. The Bertz CT molecular complexity index is 720. The van der Waals surface area contributed by atoms with Gasteiger partial charge in [-0.1, -0.05) is 0 Å². The number of ether oxygens (including phenoxy) is 2. The molecule has 0 aliphatic rings. The fraction of sp³-hybridized carbons (Fsp3) is 0.438. The van der Waals surface area contributed by atoms with Crippen molar-refractivity contribution in [3.63, 3.8) is 0 Å². The molecule has 0 aromatic carbocycles. The molecule has 0 saturated heterocycles. The van der Waals surface area contributed by atoms with Gasteiger partial charge in [0, 0.05) is 17.5 Å². The molecule has 1 N–H and O–H groups in total. The van der Waals surface area contributed by atoms with Gasteiger partial charge in [0.25, 0.3) is 5.91 Å². The minimum absolute atomic E-state index is 0.0843. The molecule has 136 valence electrons. The smallest absolute Gasteiger partial charge is 0.257 e. The first-order chi connectivity index (χ1) is 11.9. The van der Waals surface area contributed by atoms with Crippen LogP contribution in [0.15, 0.2) is 17.5 Å². The lowest BCUT2D eigenvalue weighted by molar-refractivity contribution is 0.102. The number of hydrogen-bond acceptors (Lipinski definition) is 6. The first-order valence-electron chi connectivity index (χ1n) is 7.62. The van der Waals surface area contributed by atoms with Crippen LogP contribution >= 0.6 is 11.3 Å².